The van der Waals surface area contributed by atoms with Gasteiger partial charge in [0.2, 0.25) is 0 Å². The Labute approximate surface area is 153 Å². The molecule has 0 bridgehead atoms. The first kappa shape index (κ1) is 16.5. The maximum absolute atomic E-state index is 13.5. The summed E-state index contributed by atoms with van der Waals surface area (Å²) in [4.78, 5) is 20.7. The highest BCUT2D eigenvalue weighted by Gasteiger charge is 2.21. The molecular weight excluding hydrogens is 357 g/mol. The van der Waals surface area contributed by atoms with Crippen LogP contribution in [0.5, 0.6) is 11.5 Å². The van der Waals surface area contributed by atoms with Gasteiger partial charge in [-0.05, 0) is 36.2 Å². The number of carbonyl (C=O) groups is 1. The van der Waals surface area contributed by atoms with Gasteiger partial charge in [-0.3, -0.25) is 14.8 Å². The van der Waals surface area contributed by atoms with Crippen molar-refractivity contribution < 1.29 is 13.9 Å². The standard InChI is InChI=1S/C19H13ClFN3O2/c20-11-7-12(21)9-14(8-11)26-13-1-4-22-17(10-13)18-15-2-6-24-19(25)16(15)3-5-23-18/h1,3-5,7-10H,2,6H2,(H,24,25). The number of nitrogens with zero attached hydrogens (tertiary/aromatic N) is 2. The number of pyridine rings is 2. The first-order chi connectivity index (χ1) is 12.6. The number of carbonyl (C=O) groups excluding carboxylic acids is 1. The van der Waals surface area contributed by atoms with Gasteiger partial charge in [0.05, 0.1) is 11.4 Å². The third-order valence-electron chi connectivity index (χ3n) is 4.01. The highest BCUT2D eigenvalue weighted by Crippen LogP contribution is 2.30. The van der Waals surface area contributed by atoms with Crippen molar-refractivity contribution in [2.45, 2.75) is 6.42 Å². The number of hydrogen-bond donors (Lipinski definition) is 1. The Morgan fingerprint density at radius 3 is 2.77 bits per heavy atom. The molecule has 0 atom stereocenters. The minimum Gasteiger partial charge on any atom is -0.457 e. The minimum absolute atomic E-state index is 0.114. The van der Waals surface area contributed by atoms with Gasteiger partial charge in [-0.1, -0.05) is 11.6 Å². The predicted molar refractivity (Wildman–Crippen MR) is 95.0 cm³/mol. The van der Waals surface area contributed by atoms with Gasteiger partial charge in [-0.25, -0.2) is 4.39 Å². The maximum atomic E-state index is 13.5. The zero-order chi connectivity index (χ0) is 18.1. The average Bonchev–Trinajstić information content (AvgIpc) is 2.61. The summed E-state index contributed by atoms with van der Waals surface area (Å²) >= 11 is 5.86. The van der Waals surface area contributed by atoms with Crippen molar-refractivity contribution in [1.82, 2.24) is 15.3 Å². The van der Waals surface area contributed by atoms with Gasteiger partial charge in [0.1, 0.15) is 17.3 Å². The van der Waals surface area contributed by atoms with E-state index in [1.807, 2.05) is 0 Å². The molecule has 1 aromatic carbocycles. The summed E-state index contributed by atoms with van der Waals surface area (Å²) in [7, 11) is 0. The Balaban J connectivity index is 1.71. The number of amides is 1. The van der Waals surface area contributed by atoms with Crippen molar-refractivity contribution in [3.63, 3.8) is 0 Å². The monoisotopic (exact) mass is 369 g/mol. The molecule has 1 N–H and O–H groups in total. The molecule has 3 heterocycles. The number of benzene rings is 1. The minimum atomic E-state index is -0.480. The number of rotatable bonds is 3. The number of ether oxygens (including phenoxy) is 1. The van der Waals surface area contributed by atoms with Gasteiger partial charge < -0.3 is 10.1 Å². The normalized spacial score (nSPS) is 13.1. The largest absolute Gasteiger partial charge is 0.457 e. The van der Waals surface area contributed by atoms with Crippen LogP contribution in [0.1, 0.15) is 15.9 Å². The first-order valence-electron chi connectivity index (χ1n) is 7.96. The molecule has 0 fully saturated rings. The molecule has 0 radical (unpaired) electrons. The molecule has 26 heavy (non-hydrogen) atoms. The third kappa shape index (κ3) is 3.23. The molecule has 1 amide bonds. The van der Waals surface area contributed by atoms with Crippen LogP contribution in [0.25, 0.3) is 11.4 Å². The summed E-state index contributed by atoms with van der Waals surface area (Å²) < 4.78 is 19.2. The lowest BCUT2D eigenvalue weighted by atomic mass is 9.97. The van der Waals surface area contributed by atoms with E-state index in [0.29, 0.717) is 35.7 Å². The molecule has 4 rings (SSSR count). The smallest absolute Gasteiger partial charge is 0.251 e. The summed E-state index contributed by atoms with van der Waals surface area (Å²) in [5.41, 5.74) is 2.68. The number of fused-ring (bicyclic) bond motifs is 1. The van der Waals surface area contributed by atoms with Gasteiger partial charge in [0, 0.05) is 41.7 Å². The van der Waals surface area contributed by atoms with Gasteiger partial charge in [-0.2, -0.15) is 0 Å². The maximum Gasteiger partial charge on any atom is 0.251 e. The topological polar surface area (TPSA) is 64.1 Å². The molecule has 0 spiro atoms. The first-order valence-corrected chi connectivity index (χ1v) is 8.34. The van der Waals surface area contributed by atoms with E-state index >= 15 is 0 Å². The Morgan fingerprint density at radius 1 is 1.08 bits per heavy atom. The summed E-state index contributed by atoms with van der Waals surface area (Å²) in [6.07, 6.45) is 3.84. The number of hydrogen-bond acceptors (Lipinski definition) is 4. The summed E-state index contributed by atoms with van der Waals surface area (Å²) in [6, 6.07) is 9.04. The van der Waals surface area contributed by atoms with Crippen LogP contribution in [0.4, 0.5) is 4.39 Å². The van der Waals surface area contributed by atoms with Gasteiger partial charge in [-0.15, -0.1) is 0 Å². The molecule has 7 heteroatoms. The van der Waals surface area contributed by atoms with E-state index in [2.05, 4.69) is 15.3 Å². The van der Waals surface area contributed by atoms with Crippen molar-refractivity contribution in [3.05, 3.63) is 70.8 Å². The molecular formula is C19H13ClFN3O2. The third-order valence-corrected chi connectivity index (χ3v) is 4.22. The van der Waals surface area contributed by atoms with E-state index in [9.17, 15) is 9.18 Å². The van der Waals surface area contributed by atoms with Crippen LogP contribution in [0, 0.1) is 5.82 Å². The lowest BCUT2D eigenvalue weighted by Crippen LogP contribution is -2.32. The van der Waals surface area contributed by atoms with E-state index in [0.717, 1.165) is 5.56 Å². The average molecular weight is 370 g/mol. The summed E-state index contributed by atoms with van der Waals surface area (Å²) in [5, 5.41) is 3.06. The Morgan fingerprint density at radius 2 is 1.92 bits per heavy atom. The highest BCUT2D eigenvalue weighted by atomic mass is 35.5. The fourth-order valence-corrected chi connectivity index (χ4v) is 3.11. The molecule has 0 unspecified atom stereocenters. The lowest BCUT2D eigenvalue weighted by molar-refractivity contribution is 0.0946. The fourth-order valence-electron chi connectivity index (χ4n) is 2.90. The van der Waals surface area contributed by atoms with Gasteiger partial charge >= 0.3 is 0 Å². The Hall–Kier alpha value is -2.99. The molecule has 0 saturated heterocycles. The second kappa shape index (κ2) is 6.72. The fraction of sp³-hybridized carbons (Fsp3) is 0.105. The molecule has 1 aliphatic rings. The van der Waals surface area contributed by atoms with Gasteiger partial charge in [0.15, 0.2) is 0 Å². The van der Waals surface area contributed by atoms with E-state index < -0.39 is 5.82 Å². The molecule has 0 saturated carbocycles. The van der Waals surface area contributed by atoms with Crippen molar-refractivity contribution in [1.29, 1.82) is 0 Å². The molecule has 3 aromatic rings. The van der Waals surface area contributed by atoms with Crippen molar-refractivity contribution >= 4 is 17.5 Å². The second-order valence-electron chi connectivity index (χ2n) is 5.78. The number of nitrogens with one attached hydrogen (secondary N) is 1. The SMILES string of the molecule is O=C1NCCc2c1ccnc2-c1cc(Oc2cc(F)cc(Cl)c2)ccn1. The Bertz CT molecular complexity index is 990. The van der Waals surface area contributed by atoms with E-state index in [1.54, 1.807) is 30.6 Å². The molecule has 2 aromatic heterocycles. The van der Waals surface area contributed by atoms with Crippen LogP contribution in [0.15, 0.2) is 48.8 Å². The van der Waals surface area contributed by atoms with E-state index in [-0.39, 0.29) is 16.7 Å². The van der Waals surface area contributed by atoms with Gasteiger partial charge in [0.25, 0.3) is 5.91 Å². The second-order valence-corrected chi connectivity index (χ2v) is 6.21. The van der Waals surface area contributed by atoms with Crippen LogP contribution >= 0.6 is 11.6 Å². The summed E-state index contributed by atoms with van der Waals surface area (Å²) in [5.74, 6) is 0.161. The number of halogens is 2. The summed E-state index contributed by atoms with van der Waals surface area (Å²) in [6.45, 7) is 0.558. The van der Waals surface area contributed by atoms with E-state index in [1.165, 1.54) is 18.2 Å². The van der Waals surface area contributed by atoms with Crippen molar-refractivity contribution in [3.8, 4) is 22.9 Å². The zero-order valence-corrected chi connectivity index (χ0v) is 14.3. The lowest BCUT2D eigenvalue weighted by Gasteiger charge is -2.18. The molecule has 130 valence electrons. The highest BCUT2D eigenvalue weighted by molar-refractivity contribution is 6.30. The predicted octanol–water partition coefficient (Wildman–Crippen LogP) is 4.01. The van der Waals surface area contributed by atoms with Crippen LogP contribution < -0.4 is 10.1 Å². The molecule has 1 aliphatic heterocycles. The van der Waals surface area contributed by atoms with Crippen molar-refractivity contribution in [2.24, 2.45) is 0 Å². The van der Waals surface area contributed by atoms with Crippen LogP contribution in [0.2, 0.25) is 5.02 Å². The van der Waals surface area contributed by atoms with Crippen LogP contribution in [-0.4, -0.2) is 22.4 Å². The Kier molecular flexibility index (Phi) is 4.26. The van der Waals surface area contributed by atoms with Crippen LogP contribution in [0.3, 0.4) is 0 Å². The molecule has 5 nitrogen and oxygen atoms in total. The zero-order valence-electron chi connectivity index (χ0n) is 13.5. The quantitative estimate of drug-likeness (QED) is 0.757. The molecule has 0 aliphatic carbocycles. The number of aromatic nitrogens is 2. The van der Waals surface area contributed by atoms with Crippen LogP contribution in [-0.2, 0) is 6.42 Å². The van der Waals surface area contributed by atoms with Crippen molar-refractivity contribution in [2.75, 3.05) is 6.54 Å². The van der Waals surface area contributed by atoms with E-state index in [4.69, 9.17) is 16.3 Å².